The number of hydrogen-bond donors (Lipinski definition) is 1. The van der Waals surface area contributed by atoms with Crippen molar-refractivity contribution in [2.24, 2.45) is 5.92 Å². The number of aliphatic hydroxyl groups excluding tert-OH is 1. The zero-order valence-electron chi connectivity index (χ0n) is 8.07. The van der Waals surface area contributed by atoms with Gasteiger partial charge in [0.05, 0.1) is 19.3 Å². The molecule has 14 heavy (non-hydrogen) atoms. The van der Waals surface area contributed by atoms with E-state index in [0.29, 0.717) is 12.5 Å². The van der Waals surface area contributed by atoms with Gasteiger partial charge in [-0.2, -0.15) is 0 Å². The minimum Gasteiger partial charge on any atom is -0.388 e. The first-order valence-electron chi connectivity index (χ1n) is 5.22. The Morgan fingerprint density at radius 3 is 2.79 bits per heavy atom. The lowest BCUT2D eigenvalue weighted by atomic mass is 10.0. The highest BCUT2D eigenvalue weighted by atomic mass is 16.5. The molecule has 0 saturated heterocycles. The van der Waals surface area contributed by atoms with Crippen LogP contribution in [0, 0.1) is 5.92 Å². The minimum atomic E-state index is -0.249. The second-order valence-corrected chi connectivity index (χ2v) is 4.30. The van der Waals surface area contributed by atoms with Gasteiger partial charge in [0.2, 0.25) is 0 Å². The smallest absolute Gasteiger partial charge is 0.0818 e. The van der Waals surface area contributed by atoms with Crippen molar-refractivity contribution in [1.29, 1.82) is 0 Å². The van der Waals surface area contributed by atoms with Crippen molar-refractivity contribution in [1.82, 2.24) is 0 Å². The fraction of sp³-hybridized carbons (Fsp3) is 0.500. The fourth-order valence-corrected chi connectivity index (χ4v) is 2.06. The Hall–Kier alpha value is -0.860. The van der Waals surface area contributed by atoms with Crippen LogP contribution in [0.1, 0.15) is 35.6 Å². The van der Waals surface area contributed by atoms with Gasteiger partial charge in [-0.05, 0) is 35.4 Å². The standard InChI is InChI=1S/C12H14O2/c13-12(8-1-2-8)9-3-4-10-6-14-7-11(10)5-9/h3-5,8,12-13H,1-2,6-7H2. The third kappa shape index (κ3) is 1.35. The van der Waals surface area contributed by atoms with E-state index in [1.807, 2.05) is 6.07 Å². The Balaban J connectivity index is 1.91. The highest BCUT2D eigenvalue weighted by Gasteiger charge is 2.31. The zero-order chi connectivity index (χ0) is 9.54. The lowest BCUT2D eigenvalue weighted by molar-refractivity contribution is 0.134. The Bertz CT molecular complexity index is 355. The summed E-state index contributed by atoms with van der Waals surface area (Å²) in [6, 6.07) is 6.23. The number of hydrogen-bond acceptors (Lipinski definition) is 2. The first-order valence-corrected chi connectivity index (χ1v) is 5.22. The van der Waals surface area contributed by atoms with E-state index in [0.717, 1.165) is 12.2 Å². The van der Waals surface area contributed by atoms with Gasteiger partial charge in [-0.15, -0.1) is 0 Å². The van der Waals surface area contributed by atoms with Gasteiger partial charge < -0.3 is 9.84 Å². The molecule has 1 atom stereocenters. The summed E-state index contributed by atoms with van der Waals surface area (Å²) in [7, 11) is 0. The Morgan fingerprint density at radius 1 is 1.21 bits per heavy atom. The van der Waals surface area contributed by atoms with Crippen LogP contribution in [-0.2, 0) is 18.0 Å². The van der Waals surface area contributed by atoms with Crippen LogP contribution in [0.5, 0.6) is 0 Å². The highest BCUT2D eigenvalue weighted by molar-refractivity contribution is 5.34. The molecule has 74 valence electrons. The van der Waals surface area contributed by atoms with E-state index >= 15 is 0 Å². The summed E-state index contributed by atoms with van der Waals surface area (Å²) in [4.78, 5) is 0. The van der Waals surface area contributed by atoms with Crippen LogP contribution in [0.2, 0.25) is 0 Å². The van der Waals surface area contributed by atoms with Crippen molar-refractivity contribution in [3.63, 3.8) is 0 Å². The Labute approximate surface area is 83.5 Å². The van der Waals surface area contributed by atoms with E-state index in [1.54, 1.807) is 0 Å². The molecule has 3 rings (SSSR count). The monoisotopic (exact) mass is 190 g/mol. The molecule has 2 aliphatic rings. The molecule has 0 spiro atoms. The van der Waals surface area contributed by atoms with Crippen LogP contribution in [0.25, 0.3) is 0 Å². The van der Waals surface area contributed by atoms with E-state index < -0.39 is 0 Å². The van der Waals surface area contributed by atoms with Gasteiger partial charge in [0.1, 0.15) is 0 Å². The van der Waals surface area contributed by atoms with Crippen molar-refractivity contribution < 1.29 is 9.84 Å². The van der Waals surface area contributed by atoms with Gasteiger partial charge >= 0.3 is 0 Å². The van der Waals surface area contributed by atoms with Crippen LogP contribution in [0.3, 0.4) is 0 Å². The molecule has 0 amide bonds. The number of aliphatic hydroxyl groups is 1. The Morgan fingerprint density at radius 2 is 2.00 bits per heavy atom. The summed E-state index contributed by atoms with van der Waals surface area (Å²) in [6.07, 6.45) is 2.10. The molecule has 0 radical (unpaired) electrons. The van der Waals surface area contributed by atoms with E-state index in [1.165, 1.54) is 24.0 Å². The normalized spacial score (nSPS) is 22.1. The first-order chi connectivity index (χ1) is 6.84. The lowest BCUT2D eigenvalue weighted by Gasteiger charge is -2.10. The Kier molecular flexibility index (Phi) is 1.85. The first kappa shape index (κ1) is 8.45. The van der Waals surface area contributed by atoms with Crippen molar-refractivity contribution in [2.75, 3.05) is 0 Å². The maximum atomic E-state index is 9.95. The van der Waals surface area contributed by atoms with Crippen molar-refractivity contribution in [2.45, 2.75) is 32.2 Å². The quantitative estimate of drug-likeness (QED) is 0.774. The summed E-state index contributed by atoms with van der Waals surface area (Å²) in [6.45, 7) is 1.44. The fourth-order valence-electron chi connectivity index (χ4n) is 2.06. The maximum Gasteiger partial charge on any atom is 0.0818 e. The average Bonchev–Trinajstić information content (AvgIpc) is 2.95. The zero-order valence-corrected chi connectivity index (χ0v) is 8.07. The van der Waals surface area contributed by atoms with Crippen LogP contribution >= 0.6 is 0 Å². The van der Waals surface area contributed by atoms with Crippen LogP contribution < -0.4 is 0 Å². The van der Waals surface area contributed by atoms with Gasteiger partial charge in [-0.25, -0.2) is 0 Å². The molecule has 1 saturated carbocycles. The molecule has 1 N–H and O–H groups in total. The summed E-state index contributed by atoms with van der Waals surface area (Å²) in [5.41, 5.74) is 3.59. The molecule has 1 aliphatic heterocycles. The summed E-state index contributed by atoms with van der Waals surface area (Å²) >= 11 is 0. The number of benzene rings is 1. The maximum absolute atomic E-state index is 9.95. The van der Waals surface area contributed by atoms with E-state index in [2.05, 4.69) is 12.1 Å². The summed E-state index contributed by atoms with van der Waals surface area (Å²) in [5, 5.41) is 9.95. The van der Waals surface area contributed by atoms with Gasteiger partial charge in [0.25, 0.3) is 0 Å². The van der Waals surface area contributed by atoms with Crippen LogP contribution in [-0.4, -0.2) is 5.11 Å². The van der Waals surface area contributed by atoms with Gasteiger partial charge in [0, 0.05) is 0 Å². The van der Waals surface area contributed by atoms with E-state index in [-0.39, 0.29) is 6.10 Å². The average molecular weight is 190 g/mol. The predicted molar refractivity (Wildman–Crippen MR) is 52.6 cm³/mol. The molecule has 1 aromatic carbocycles. The van der Waals surface area contributed by atoms with Gasteiger partial charge in [0.15, 0.2) is 0 Å². The number of fused-ring (bicyclic) bond motifs is 1. The van der Waals surface area contributed by atoms with Gasteiger partial charge in [-0.1, -0.05) is 18.2 Å². The number of rotatable bonds is 2. The molecule has 1 unspecified atom stereocenters. The second-order valence-electron chi connectivity index (χ2n) is 4.30. The minimum absolute atomic E-state index is 0.249. The van der Waals surface area contributed by atoms with Crippen LogP contribution in [0.4, 0.5) is 0 Å². The number of ether oxygens (including phenoxy) is 1. The molecular formula is C12H14O2. The predicted octanol–water partition coefficient (Wildman–Crippen LogP) is 2.16. The van der Waals surface area contributed by atoms with E-state index in [9.17, 15) is 5.11 Å². The third-order valence-corrected chi connectivity index (χ3v) is 3.16. The SMILES string of the molecule is OC(c1ccc2c(c1)COC2)C1CC1. The summed E-state index contributed by atoms with van der Waals surface area (Å²) < 4.78 is 5.34. The highest BCUT2D eigenvalue weighted by Crippen LogP contribution is 2.41. The summed E-state index contributed by atoms with van der Waals surface area (Å²) in [5.74, 6) is 0.510. The van der Waals surface area contributed by atoms with E-state index in [4.69, 9.17) is 4.74 Å². The molecule has 0 aromatic heterocycles. The largest absolute Gasteiger partial charge is 0.388 e. The third-order valence-electron chi connectivity index (χ3n) is 3.16. The molecule has 1 fully saturated rings. The molecule has 0 bridgehead atoms. The second kappa shape index (κ2) is 3.07. The van der Waals surface area contributed by atoms with Crippen LogP contribution in [0.15, 0.2) is 18.2 Å². The van der Waals surface area contributed by atoms with Crippen molar-refractivity contribution >= 4 is 0 Å². The molecule has 2 nitrogen and oxygen atoms in total. The molecular weight excluding hydrogens is 176 g/mol. The molecule has 2 heteroatoms. The molecule has 1 aliphatic carbocycles. The van der Waals surface area contributed by atoms with Crippen molar-refractivity contribution in [3.05, 3.63) is 34.9 Å². The topological polar surface area (TPSA) is 29.5 Å². The molecule has 1 heterocycles. The van der Waals surface area contributed by atoms with Gasteiger partial charge in [-0.3, -0.25) is 0 Å². The molecule has 1 aromatic rings. The lowest BCUT2D eigenvalue weighted by Crippen LogP contribution is -2.00. The van der Waals surface area contributed by atoms with Crippen molar-refractivity contribution in [3.8, 4) is 0 Å².